The molecule has 0 aliphatic rings. The summed E-state index contributed by atoms with van der Waals surface area (Å²) in [5, 5.41) is 2.63. The molecule has 0 radical (unpaired) electrons. The Kier molecular flexibility index (Phi) is 2.88. The van der Waals surface area contributed by atoms with Crippen molar-refractivity contribution in [3.05, 3.63) is 23.8 Å². The van der Waals surface area contributed by atoms with Gasteiger partial charge in [0.15, 0.2) is 0 Å². The highest BCUT2D eigenvalue weighted by Gasteiger charge is 2.33. The fourth-order valence-corrected chi connectivity index (χ4v) is 1.14. The van der Waals surface area contributed by atoms with Crippen molar-refractivity contribution in [1.82, 2.24) is 0 Å². The average Bonchev–Trinajstić information content (AvgIpc) is 2.07. The van der Waals surface area contributed by atoms with Crippen molar-refractivity contribution in [2.75, 3.05) is 17.6 Å². The highest BCUT2D eigenvalue weighted by atomic mass is 19.4. The van der Waals surface area contributed by atoms with Gasteiger partial charge < -0.3 is 11.1 Å². The maximum absolute atomic E-state index is 12.5. The van der Waals surface area contributed by atoms with Crippen LogP contribution in [0.4, 0.5) is 24.5 Å². The molecule has 1 aromatic rings. The van der Waals surface area contributed by atoms with Gasteiger partial charge in [0.1, 0.15) is 0 Å². The van der Waals surface area contributed by atoms with E-state index in [4.69, 9.17) is 5.73 Å². The number of hydrogen-bond donors (Lipinski definition) is 2. The third-order valence-electron chi connectivity index (χ3n) is 1.72. The number of nitrogens with one attached hydrogen (secondary N) is 1. The summed E-state index contributed by atoms with van der Waals surface area (Å²) >= 11 is 0. The van der Waals surface area contributed by atoms with Gasteiger partial charge in [-0.1, -0.05) is 0 Å². The predicted molar refractivity (Wildman–Crippen MR) is 50.0 cm³/mol. The van der Waals surface area contributed by atoms with Crippen LogP contribution in [0.15, 0.2) is 18.2 Å². The van der Waals surface area contributed by atoms with Gasteiger partial charge in [-0.3, -0.25) is 0 Å². The molecule has 14 heavy (non-hydrogen) atoms. The fourth-order valence-electron chi connectivity index (χ4n) is 1.14. The molecule has 3 N–H and O–H groups in total. The molecule has 0 saturated carbocycles. The van der Waals surface area contributed by atoms with Gasteiger partial charge in [-0.05, 0) is 25.1 Å². The van der Waals surface area contributed by atoms with Gasteiger partial charge in [-0.25, -0.2) is 0 Å². The van der Waals surface area contributed by atoms with Crippen LogP contribution in [-0.2, 0) is 6.18 Å². The monoisotopic (exact) mass is 204 g/mol. The van der Waals surface area contributed by atoms with Crippen molar-refractivity contribution in [3.8, 4) is 0 Å². The number of benzene rings is 1. The molecule has 0 aliphatic heterocycles. The van der Waals surface area contributed by atoms with Crippen LogP contribution >= 0.6 is 0 Å². The Morgan fingerprint density at radius 1 is 1.36 bits per heavy atom. The first-order chi connectivity index (χ1) is 6.45. The topological polar surface area (TPSA) is 38.0 Å². The highest BCUT2D eigenvalue weighted by molar-refractivity contribution is 5.59. The quantitative estimate of drug-likeness (QED) is 0.727. The third kappa shape index (κ3) is 2.31. The number of halogens is 3. The van der Waals surface area contributed by atoms with E-state index in [2.05, 4.69) is 5.32 Å². The Morgan fingerprint density at radius 3 is 2.50 bits per heavy atom. The number of anilines is 2. The molecule has 0 fully saturated rings. The van der Waals surface area contributed by atoms with E-state index in [9.17, 15) is 13.2 Å². The van der Waals surface area contributed by atoms with E-state index in [0.29, 0.717) is 6.54 Å². The second-order valence-corrected chi connectivity index (χ2v) is 2.83. The van der Waals surface area contributed by atoms with Gasteiger partial charge in [-0.15, -0.1) is 0 Å². The van der Waals surface area contributed by atoms with Crippen LogP contribution < -0.4 is 11.1 Å². The molecule has 5 heteroatoms. The lowest BCUT2D eigenvalue weighted by molar-refractivity contribution is -0.136. The molecule has 78 valence electrons. The maximum Gasteiger partial charge on any atom is 0.418 e. The molecular formula is C9H11F3N2. The molecule has 0 unspecified atom stereocenters. The Bertz CT molecular complexity index is 320. The molecule has 0 spiro atoms. The van der Waals surface area contributed by atoms with Crippen molar-refractivity contribution in [1.29, 1.82) is 0 Å². The lowest BCUT2D eigenvalue weighted by Gasteiger charge is -2.13. The molecule has 0 saturated heterocycles. The summed E-state index contributed by atoms with van der Waals surface area (Å²) in [5.74, 6) is 0. The summed E-state index contributed by atoms with van der Waals surface area (Å²) in [6.07, 6.45) is -4.37. The van der Waals surface area contributed by atoms with Crippen molar-refractivity contribution in [3.63, 3.8) is 0 Å². The standard InChI is InChI=1S/C9H11F3N2/c1-2-14-8-4-3-6(13)5-7(8)9(10,11)12/h3-5,14H,2,13H2,1H3. The van der Waals surface area contributed by atoms with Gasteiger partial charge in [-0.2, -0.15) is 13.2 Å². The van der Waals surface area contributed by atoms with Gasteiger partial charge >= 0.3 is 6.18 Å². The minimum absolute atomic E-state index is 0.0641. The van der Waals surface area contributed by atoms with Crippen LogP contribution in [0.25, 0.3) is 0 Å². The number of nitrogens with two attached hydrogens (primary N) is 1. The van der Waals surface area contributed by atoms with Crippen LogP contribution in [0, 0.1) is 0 Å². The molecule has 1 rings (SSSR count). The zero-order chi connectivity index (χ0) is 10.8. The molecule has 0 amide bonds. The van der Waals surface area contributed by atoms with Crippen LogP contribution in [0.2, 0.25) is 0 Å². The number of rotatable bonds is 2. The smallest absolute Gasteiger partial charge is 0.399 e. The molecule has 2 nitrogen and oxygen atoms in total. The fraction of sp³-hybridized carbons (Fsp3) is 0.333. The van der Waals surface area contributed by atoms with Gasteiger partial charge in [0.25, 0.3) is 0 Å². The number of nitrogen functional groups attached to an aromatic ring is 1. The van der Waals surface area contributed by atoms with E-state index < -0.39 is 11.7 Å². The minimum atomic E-state index is -4.37. The summed E-state index contributed by atoms with van der Waals surface area (Å²) in [6, 6.07) is 3.70. The van der Waals surface area contributed by atoms with Crippen LogP contribution in [0.1, 0.15) is 12.5 Å². The van der Waals surface area contributed by atoms with E-state index >= 15 is 0 Å². The maximum atomic E-state index is 12.5. The molecule has 0 heterocycles. The van der Waals surface area contributed by atoms with Crippen molar-refractivity contribution < 1.29 is 13.2 Å². The van der Waals surface area contributed by atoms with Crippen molar-refractivity contribution in [2.45, 2.75) is 13.1 Å². The zero-order valence-corrected chi connectivity index (χ0v) is 7.65. The van der Waals surface area contributed by atoms with Crippen LogP contribution in [-0.4, -0.2) is 6.54 Å². The number of hydrogen-bond acceptors (Lipinski definition) is 2. The first-order valence-electron chi connectivity index (χ1n) is 4.15. The normalized spacial score (nSPS) is 11.4. The lowest BCUT2D eigenvalue weighted by Crippen LogP contribution is -2.11. The third-order valence-corrected chi connectivity index (χ3v) is 1.72. The Hall–Kier alpha value is -1.39. The van der Waals surface area contributed by atoms with Crippen LogP contribution in [0.5, 0.6) is 0 Å². The highest BCUT2D eigenvalue weighted by Crippen LogP contribution is 2.35. The molecule has 0 aliphatic carbocycles. The van der Waals surface area contributed by atoms with Gasteiger partial charge in [0.2, 0.25) is 0 Å². The average molecular weight is 204 g/mol. The van der Waals surface area contributed by atoms with E-state index in [0.717, 1.165) is 6.07 Å². The first-order valence-corrected chi connectivity index (χ1v) is 4.15. The van der Waals surface area contributed by atoms with E-state index in [1.54, 1.807) is 6.92 Å². The van der Waals surface area contributed by atoms with Crippen LogP contribution in [0.3, 0.4) is 0 Å². The summed E-state index contributed by atoms with van der Waals surface area (Å²) in [4.78, 5) is 0. The summed E-state index contributed by atoms with van der Waals surface area (Å²) in [5.41, 5.74) is 4.74. The Morgan fingerprint density at radius 2 is 2.00 bits per heavy atom. The van der Waals surface area contributed by atoms with E-state index in [1.807, 2.05) is 0 Å². The van der Waals surface area contributed by atoms with Gasteiger partial charge in [0, 0.05) is 17.9 Å². The van der Waals surface area contributed by atoms with E-state index in [-0.39, 0.29) is 11.4 Å². The zero-order valence-electron chi connectivity index (χ0n) is 7.65. The summed E-state index contributed by atoms with van der Waals surface area (Å²) in [7, 11) is 0. The second kappa shape index (κ2) is 3.77. The number of alkyl halides is 3. The Balaban J connectivity index is 3.16. The van der Waals surface area contributed by atoms with Crippen molar-refractivity contribution >= 4 is 11.4 Å². The van der Waals surface area contributed by atoms with E-state index in [1.165, 1.54) is 12.1 Å². The molecule has 0 bridgehead atoms. The SMILES string of the molecule is CCNc1ccc(N)cc1C(F)(F)F. The van der Waals surface area contributed by atoms with Gasteiger partial charge in [0.05, 0.1) is 5.56 Å². The minimum Gasteiger partial charge on any atom is -0.399 e. The summed E-state index contributed by atoms with van der Waals surface area (Å²) in [6.45, 7) is 2.17. The second-order valence-electron chi connectivity index (χ2n) is 2.83. The molecular weight excluding hydrogens is 193 g/mol. The molecule has 0 atom stereocenters. The lowest BCUT2D eigenvalue weighted by atomic mass is 10.1. The van der Waals surface area contributed by atoms with Crippen molar-refractivity contribution in [2.24, 2.45) is 0 Å². The molecule has 1 aromatic carbocycles. The predicted octanol–water partition coefficient (Wildman–Crippen LogP) is 2.72. The Labute approximate surface area is 79.9 Å². The molecule has 0 aromatic heterocycles. The summed E-state index contributed by atoms with van der Waals surface area (Å²) < 4.78 is 37.4. The largest absolute Gasteiger partial charge is 0.418 e. The first kappa shape index (κ1) is 10.7.